The zero-order valence-corrected chi connectivity index (χ0v) is 9.88. The molecule has 0 aromatic carbocycles. The van der Waals surface area contributed by atoms with Gasteiger partial charge in [-0.1, -0.05) is 6.92 Å². The van der Waals surface area contributed by atoms with Crippen molar-refractivity contribution < 1.29 is 9.90 Å². The number of nitrogens with zero attached hydrogens (tertiary/aromatic N) is 2. The lowest BCUT2D eigenvalue weighted by atomic mass is 10.3. The van der Waals surface area contributed by atoms with Crippen LogP contribution in [-0.2, 0) is 11.2 Å². The molecule has 0 unspecified atom stereocenters. The van der Waals surface area contributed by atoms with Crippen LogP contribution in [0.2, 0.25) is 0 Å². The summed E-state index contributed by atoms with van der Waals surface area (Å²) in [5.74, 6) is -0.739. The second kappa shape index (κ2) is 5.70. The number of carbonyl (C=O) groups is 1. The molecule has 0 aliphatic carbocycles. The monoisotopic (exact) mass is 228 g/mol. The molecule has 0 spiro atoms. The lowest BCUT2D eigenvalue weighted by molar-refractivity contribution is -0.137. The normalized spacial score (nSPS) is 10.3. The van der Waals surface area contributed by atoms with Crippen molar-refractivity contribution in [2.45, 2.75) is 26.2 Å². The first kappa shape index (κ1) is 12.0. The lowest BCUT2D eigenvalue weighted by Crippen LogP contribution is -2.19. The van der Waals surface area contributed by atoms with E-state index in [1.54, 1.807) is 11.3 Å². The van der Waals surface area contributed by atoms with Gasteiger partial charge in [-0.15, -0.1) is 11.3 Å². The third-order valence-corrected chi connectivity index (χ3v) is 3.12. The molecule has 0 amide bonds. The molecule has 1 aromatic heterocycles. The summed E-state index contributed by atoms with van der Waals surface area (Å²) in [6, 6.07) is 0. The van der Waals surface area contributed by atoms with E-state index in [2.05, 4.69) is 11.9 Å². The molecule has 1 heterocycles. The molecule has 0 aliphatic rings. The first-order valence-corrected chi connectivity index (χ1v) is 5.88. The van der Waals surface area contributed by atoms with Crippen LogP contribution in [0, 0.1) is 0 Å². The summed E-state index contributed by atoms with van der Waals surface area (Å²) in [6.45, 7) is 2.81. The van der Waals surface area contributed by atoms with E-state index < -0.39 is 5.97 Å². The number of aromatic nitrogens is 1. The summed E-state index contributed by atoms with van der Waals surface area (Å²) in [5.41, 5.74) is 1.10. The first-order chi connectivity index (χ1) is 7.13. The van der Waals surface area contributed by atoms with Crippen molar-refractivity contribution in [2.75, 3.05) is 18.5 Å². The highest BCUT2D eigenvalue weighted by Gasteiger charge is 2.06. The van der Waals surface area contributed by atoms with Crippen LogP contribution < -0.4 is 4.90 Å². The predicted octanol–water partition coefficient (Wildman–Crippen LogP) is 2.01. The van der Waals surface area contributed by atoms with Gasteiger partial charge in [0, 0.05) is 25.4 Å². The van der Waals surface area contributed by atoms with Crippen molar-refractivity contribution in [3.05, 3.63) is 11.1 Å². The minimum atomic E-state index is -0.739. The smallest absolute Gasteiger partial charge is 0.303 e. The second-order valence-electron chi connectivity index (χ2n) is 3.39. The van der Waals surface area contributed by atoms with Crippen LogP contribution in [0.25, 0.3) is 0 Å². The summed E-state index contributed by atoms with van der Waals surface area (Å²) in [4.78, 5) is 16.8. The average molecular weight is 228 g/mol. The Hall–Kier alpha value is -1.10. The maximum absolute atomic E-state index is 10.3. The van der Waals surface area contributed by atoms with Crippen molar-refractivity contribution in [1.82, 2.24) is 4.98 Å². The van der Waals surface area contributed by atoms with Crippen molar-refractivity contribution in [2.24, 2.45) is 0 Å². The number of aryl methyl sites for hydroxylation is 1. The predicted molar refractivity (Wildman–Crippen MR) is 61.6 cm³/mol. The highest BCUT2D eigenvalue weighted by Crippen LogP contribution is 2.19. The fraction of sp³-hybridized carbons (Fsp3) is 0.600. The van der Waals surface area contributed by atoms with Gasteiger partial charge in [0.2, 0.25) is 0 Å². The summed E-state index contributed by atoms with van der Waals surface area (Å²) in [7, 11) is 1.94. The van der Waals surface area contributed by atoms with Gasteiger partial charge in [-0.05, 0) is 12.8 Å². The number of carboxylic acids is 1. The van der Waals surface area contributed by atoms with Gasteiger partial charge < -0.3 is 10.0 Å². The third kappa shape index (κ3) is 3.87. The van der Waals surface area contributed by atoms with Crippen LogP contribution >= 0.6 is 11.3 Å². The second-order valence-corrected chi connectivity index (χ2v) is 4.23. The molecular weight excluding hydrogens is 212 g/mol. The molecule has 0 fully saturated rings. The van der Waals surface area contributed by atoms with Crippen LogP contribution in [0.5, 0.6) is 0 Å². The van der Waals surface area contributed by atoms with Crippen molar-refractivity contribution in [3.63, 3.8) is 0 Å². The Labute approximate surface area is 93.6 Å². The molecule has 1 aromatic rings. The van der Waals surface area contributed by atoms with Crippen LogP contribution in [0.4, 0.5) is 5.13 Å². The zero-order valence-electron chi connectivity index (χ0n) is 9.06. The van der Waals surface area contributed by atoms with E-state index in [4.69, 9.17) is 5.11 Å². The molecule has 0 saturated heterocycles. The highest BCUT2D eigenvalue weighted by molar-refractivity contribution is 7.13. The van der Waals surface area contributed by atoms with Crippen LogP contribution in [-0.4, -0.2) is 29.7 Å². The Morgan fingerprint density at radius 3 is 2.93 bits per heavy atom. The number of carboxylic acid groups (broad SMARTS) is 1. The SMILES string of the molecule is CCc1csc(N(C)CCCC(=O)O)n1. The molecule has 0 bridgehead atoms. The van der Waals surface area contributed by atoms with Gasteiger partial charge in [0.25, 0.3) is 0 Å². The summed E-state index contributed by atoms with van der Waals surface area (Å²) >= 11 is 1.61. The fourth-order valence-corrected chi connectivity index (χ4v) is 2.10. The molecule has 0 atom stereocenters. The maximum Gasteiger partial charge on any atom is 0.303 e. The van der Waals surface area contributed by atoms with Crippen molar-refractivity contribution >= 4 is 22.4 Å². The van der Waals surface area contributed by atoms with Gasteiger partial charge in [-0.25, -0.2) is 4.98 Å². The minimum absolute atomic E-state index is 0.219. The van der Waals surface area contributed by atoms with Gasteiger partial charge in [-0.3, -0.25) is 4.79 Å². The van der Waals surface area contributed by atoms with Gasteiger partial charge >= 0.3 is 5.97 Å². The summed E-state index contributed by atoms with van der Waals surface area (Å²) in [5, 5.41) is 11.5. The Kier molecular flexibility index (Phi) is 4.55. The standard InChI is InChI=1S/C10H16N2O2S/c1-3-8-7-15-10(11-8)12(2)6-4-5-9(13)14/h7H,3-6H2,1-2H3,(H,13,14). The Balaban J connectivity index is 2.39. The van der Waals surface area contributed by atoms with Gasteiger partial charge in [0.1, 0.15) is 0 Å². The van der Waals surface area contributed by atoms with E-state index in [1.165, 1.54) is 0 Å². The van der Waals surface area contributed by atoms with Gasteiger partial charge in [-0.2, -0.15) is 0 Å². The summed E-state index contributed by atoms with van der Waals surface area (Å²) < 4.78 is 0. The minimum Gasteiger partial charge on any atom is -0.481 e. The van der Waals surface area contributed by atoms with E-state index in [0.29, 0.717) is 6.42 Å². The molecule has 4 nitrogen and oxygen atoms in total. The van der Waals surface area contributed by atoms with E-state index in [1.807, 2.05) is 17.3 Å². The molecule has 0 saturated carbocycles. The van der Waals surface area contributed by atoms with E-state index in [0.717, 1.165) is 23.8 Å². The third-order valence-electron chi connectivity index (χ3n) is 2.11. The average Bonchev–Trinajstić information content (AvgIpc) is 2.65. The molecule has 0 radical (unpaired) electrons. The van der Waals surface area contributed by atoms with E-state index in [-0.39, 0.29) is 6.42 Å². The fourth-order valence-electron chi connectivity index (χ4n) is 1.20. The number of rotatable bonds is 6. The van der Waals surface area contributed by atoms with Crippen molar-refractivity contribution in [1.29, 1.82) is 0 Å². The number of aliphatic carboxylic acids is 1. The molecule has 15 heavy (non-hydrogen) atoms. The van der Waals surface area contributed by atoms with E-state index in [9.17, 15) is 4.79 Å². The van der Waals surface area contributed by atoms with E-state index >= 15 is 0 Å². The molecule has 5 heteroatoms. The van der Waals surface area contributed by atoms with Gasteiger partial charge in [0.15, 0.2) is 5.13 Å². The Morgan fingerprint density at radius 1 is 1.67 bits per heavy atom. The molecular formula is C10H16N2O2S. The number of hydrogen-bond acceptors (Lipinski definition) is 4. The Morgan fingerprint density at radius 2 is 2.40 bits per heavy atom. The first-order valence-electron chi connectivity index (χ1n) is 5.00. The molecule has 84 valence electrons. The molecule has 1 N–H and O–H groups in total. The molecule has 0 aliphatic heterocycles. The summed E-state index contributed by atoms with van der Waals surface area (Å²) in [6.07, 6.45) is 1.82. The largest absolute Gasteiger partial charge is 0.481 e. The quantitative estimate of drug-likeness (QED) is 0.809. The van der Waals surface area contributed by atoms with Crippen LogP contribution in [0.1, 0.15) is 25.5 Å². The number of anilines is 1. The van der Waals surface area contributed by atoms with Crippen LogP contribution in [0.3, 0.4) is 0 Å². The Bertz CT molecular complexity index is 325. The number of thiazole rings is 1. The molecule has 1 rings (SSSR count). The topological polar surface area (TPSA) is 53.4 Å². The lowest BCUT2D eigenvalue weighted by Gasteiger charge is -2.14. The number of hydrogen-bond donors (Lipinski definition) is 1. The highest BCUT2D eigenvalue weighted by atomic mass is 32.1. The zero-order chi connectivity index (χ0) is 11.3. The maximum atomic E-state index is 10.3. The van der Waals surface area contributed by atoms with Gasteiger partial charge in [0.05, 0.1) is 5.69 Å². The van der Waals surface area contributed by atoms with Crippen molar-refractivity contribution in [3.8, 4) is 0 Å². The van der Waals surface area contributed by atoms with Crippen LogP contribution in [0.15, 0.2) is 5.38 Å².